The molecular formula is C12H11BrFN3O2. The molecule has 2 N–H and O–H groups in total. The Kier molecular flexibility index (Phi) is 4.16. The lowest BCUT2D eigenvalue weighted by Crippen LogP contribution is -2.03. The zero-order chi connectivity index (χ0) is 13.8. The van der Waals surface area contributed by atoms with Gasteiger partial charge in [0.05, 0.1) is 11.1 Å². The first-order valence-corrected chi connectivity index (χ1v) is 6.27. The summed E-state index contributed by atoms with van der Waals surface area (Å²) in [4.78, 5) is 7.82. The van der Waals surface area contributed by atoms with Crippen molar-refractivity contribution in [3.05, 3.63) is 34.8 Å². The number of anilines is 1. The third-order valence-corrected chi connectivity index (χ3v) is 2.81. The Morgan fingerprint density at radius 1 is 1.32 bits per heavy atom. The van der Waals surface area contributed by atoms with E-state index in [-0.39, 0.29) is 23.3 Å². The zero-order valence-corrected chi connectivity index (χ0v) is 11.6. The van der Waals surface area contributed by atoms with Gasteiger partial charge in [-0.3, -0.25) is 0 Å². The number of rotatable bonds is 4. The minimum atomic E-state index is -0.377. The molecule has 2 aromatic rings. The number of nitrogen functional groups attached to an aromatic ring is 1. The maximum atomic E-state index is 13.1. The molecule has 0 radical (unpaired) electrons. The smallest absolute Gasteiger partial charge is 0.249 e. The molecule has 1 heterocycles. The van der Waals surface area contributed by atoms with E-state index in [1.165, 1.54) is 24.5 Å². The Hall–Kier alpha value is -1.89. The largest absolute Gasteiger partial charge is 0.476 e. The van der Waals surface area contributed by atoms with E-state index in [2.05, 4.69) is 25.9 Å². The fourth-order valence-electron chi connectivity index (χ4n) is 1.35. The van der Waals surface area contributed by atoms with Crippen LogP contribution in [0.2, 0.25) is 0 Å². The van der Waals surface area contributed by atoms with Gasteiger partial charge in [-0.25, -0.2) is 4.39 Å². The van der Waals surface area contributed by atoms with Crippen molar-refractivity contribution in [2.45, 2.75) is 6.92 Å². The molecular weight excluding hydrogens is 317 g/mol. The SMILES string of the molecule is CCOc1ncnc(Oc2ccc(F)c(Br)c2)c1N. The number of halogens is 2. The lowest BCUT2D eigenvalue weighted by molar-refractivity contribution is 0.325. The normalized spacial score (nSPS) is 10.3. The van der Waals surface area contributed by atoms with Crippen LogP contribution >= 0.6 is 15.9 Å². The number of hydrogen-bond donors (Lipinski definition) is 1. The Balaban J connectivity index is 2.27. The molecule has 19 heavy (non-hydrogen) atoms. The van der Waals surface area contributed by atoms with Crippen molar-refractivity contribution in [1.29, 1.82) is 0 Å². The predicted molar refractivity (Wildman–Crippen MR) is 71.8 cm³/mol. The van der Waals surface area contributed by atoms with E-state index in [9.17, 15) is 4.39 Å². The molecule has 100 valence electrons. The minimum absolute atomic E-state index is 0.164. The molecule has 0 bridgehead atoms. The second-order valence-corrected chi connectivity index (χ2v) is 4.36. The van der Waals surface area contributed by atoms with Crippen LogP contribution in [0.5, 0.6) is 17.5 Å². The van der Waals surface area contributed by atoms with Crippen molar-refractivity contribution in [2.75, 3.05) is 12.3 Å². The van der Waals surface area contributed by atoms with Crippen molar-refractivity contribution >= 4 is 21.6 Å². The van der Waals surface area contributed by atoms with Crippen molar-refractivity contribution in [2.24, 2.45) is 0 Å². The first-order chi connectivity index (χ1) is 9.11. The summed E-state index contributed by atoms with van der Waals surface area (Å²) in [5, 5.41) is 0. The van der Waals surface area contributed by atoms with Gasteiger partial charge in [-0.15, -0.1) is 0 Å². The number of benzene rings is 1. The molecule has 1 aromatic carbocycles. The highest BCUT2D eigenvalue weighted by atomic mass is 79.9. The van der Waals surface area contributed by atoms with Gasteiger partial charge in [-0.1, -0.05) is 0 Å². The molecule has 0 amide bonds. The summed E-state index contributed by atoms with van der Waals surface area (Å²) in [5.74, 6) is 0.449. The topological polar surface area (TPSA) is 70.3 Å². The molecule has 0 atom stereocenters. The van der Waals surface area contributed by atoms with E-state index >= 15 is 0 Å². The average Bonchev–Trinajstić information content (AvgIpc) is 2.39. The van der Waals surface area contributed by atoms with Gasteiger partial charge in [0.25, 0.3) is 0 Å². The van der Waals surface area contributed by atoms with Crippen LogP contribution in [0.15, 0.2) is 29.0 Å². The summed E-state index contributed by atoms with van der Waals surface area (Å²) in [7, 11) is 0. The van der Waals surface area contributed by atoms with E-state index < -0.39 is 0 Å². The molecule has 5 nitrogen and oxygen atoms in total. The first kappa shape index (κ1) is 13.5. The third-order valence-electron chi connectivity index (χ3n) is 2.20. The van der Waals surface area contributed by atoms with E-state index in [0.29, 0.717) is 16.8 Å². The molecule has 0 saturated carbocycles. The molecule has 0 aliphatic carbocycles. The van der Waals surface area contributed by atoms with E-state index in [4.69, 9.17) is 15.2 Å². The summed E-state index contributed by atoms with van der Waals surface area (Å²) >= 11 is 3.07. The Morgan fingerprint density at radius 2 is 2.05 bits per heavy atom. The van der Waals surface area contributed by atoms with Crippen LogP contribution in [-0.4, -0.2) is 16.6 Å². The quantitative estimate of drug-likeness (QED) is 0.934. The van der Waals surface area contributed by atoms with E-state index in [1.54, 1.807) is 0 Å². The van der Waals surface area contributed by atoms with Crippen LogP contribution in [0.4, 0.5) is 10.1 Å². The molecule has 0 saturated heterocycles. The molecule has 1 aromatic heterocycles. The maximum Gasteiger partial charge on any atom is 0.249 e. The second kappa shape index (κ2) is 5.83. The van der Waals surface area contributed by atoms with Crippen LogP contribution in [-0.2, 0) is 0 Å². The molecule has 0 spiro atoms. The molecule has 0 aliphatic heterocycles. The fraction of sp³-hybridized carbons (Fsp3) is 0.167. The minimum Gasteiger partial charge on any atom is -0.476 e. The van der Waals surface area contributed by atoms with Crippen molar-refractivity contribution < 1.29 is 13.9 Å². The Morgan fingerprint density at radius 3 is 2.74 bits per heavy atom. The second-order valence-electron chi connectivity index (χ2n) is 3.51. The summed E-state index contributed by atoms with van der Waals surface area (Å²) in [6, 6.07) is 4.24. The number of nitrogens with two attached hydrogens (primary N) is 1. The van der Waals surface area contributed by atoms with Crippen LogP contribution < -0.4 is 15.2 Å². The first-order valence-electron chi connectivity index (χ1n) is 5.48. The fourth-order valence-corrected chi connectivity index (χ4v) is 1.71. The van der Waals surface area contributed by atoms with Gasteiger partial charge >= 0.3 is 0 Å². The van der Waals surface area contributed by atoms with E-state index in [0.717, 1.165) is 0 Å². The van der Waals surface area contributed by atoms with Gasteiger partial charge in [-0.05, 0) is 41.1 Å². The van der Waals surface area contributed by atoms with Crippen molar-refractivity contribution in [3.63, 3.8) is 0 Å². The van der Waals surface area contributed by atoms with Gasteiger partial charge in [0.2, 0.25) is 11.8 Å². The average molecular weight is 328 g/mol. The molecule has 2 rings (SSSR count). The molecule has 0 fully saturated rings. The highest BCUT2D eigenvalue weighted by molar-refractivity contribution is 9.10. The monoisotopic (exact) mass is 327 g/mol. The molecule has 7 heteroatoms. The van der Waals surface area contributed by atoms with Gasteiger partial charge < -0.3 is 15.2 Å². The van der Waals surface area contributed by atoms with Crippen LogP contribution in [0, 0.1) is 5.82 Å². The van der Waals surface area contributed by atoms with Crippen LogP contribution in [0.1, 0.15) is 6.92 Å². The lowest BCUT2D eigenvalue weighted by Gasteiger charge is -2.10. The standard InChI is InChI=1S/C12H11BrFN3O2/c1-2-18-11-10(15)12(17-6-16-11)19-7-3-4-9(14)8(13)5-7/h3-6H,2,15H2,1H3. The zero-order valence-electron chi connectivity index (χ0n) is 10.1. The number of nitrogens with zero attached hydrogens (tertiary/aromatic N) is 2. The van der Waals surface area contributed by atoms with Crippen LogP contribution in [0.3, 0.4) is 0 Å². The molecule has 0 unspecified atom stereocenters. The maximum absolute atomic E-state index is 13.1. The lowest BCUT2D eigenvalue weighted by atomic mass is 10.3. The highest BCUT2D eigenvalue weighted by Gasteiger charge is 2.11. The van der Waals surface area contributed by atoms with Gasteiger partial charge in [0, 0.05) is 0 Å². The summed E-state index contributed by atoms with van der Waals surface area (Å²) < 4.78 is 24.1. The number of ether oxygens (including phenoxy) is 2. The molecule has 0 aliphatic rings. The third kappa shape index (κ3) is 3.11. The van der Waals surface area contributed by atoms with Gasteiger partial charge in [0.15, 0.2) is 5.69 Å². The summed E-state index contributed by atoms with van der Waals surface area (Å²) in [6.45, 7) is 2.25. The van der Waals surface area contributed by atoms with E-state index in [1.807, 2.05) is 6.92 Å². The Bertz CT molecular complexity index is 595. The number of aromatic nitrogens is 2. The van der Waals surface area contributed by atoms with Crippen molar-refractivity contribution in [3.8, 4) is 17.5 Å². The van der Waals surface area contributed by atoms with Crippen LogP contribution in [0.25, 0.3) is 0 Å². The van der Waals surface area contributed by atoms with Gasteiger partial charge in [0.1, 0.15) is 17.9 Å². The van der Waals surface area contributed by atoms with Gasteiger partial charge in [-0.2, -0.15) is 9.97 Å². The Labute approximate surface area is 117 Å². The predicted octanol–water partition coefficient (Wildman–Crippen LogP) is 3.15. The number of hydrogen-bond acceptors (Lipinski definition) is 5. The summed E-state index contributed by atoms with van der Waals surface area (Å²) in [6.07, 6.45) is 1.29. The summed E-state index contributed by atoms with van der Waals surface area (Å²) in [5.41, 5.74) is 6.02. The highest BCUT2D eigenvalue weighted by Crippen LogP contribution is 2.32. The van der Waals surface area contributed by atoms with Crippen molar-refractivity contribution in [1.82, 2.24) is 9.97 Å².